The van der Waals surface area contributed by atoms with Crippen LogP contribution in [0.3, 0.4) is 0 Å². The summed E-state index contributed by atoms with van der Waals surface area (Å²) in [6.07, 6.45) is 3.28. The van der Waals surface area contributed by atoms with Crippen LogP contribution in [0.15, 0.2) is 47.5 Å². The quantitative estimate of drug-likeness (QED) is 0.729. The van der Waals surface area contributed by atoms with Gasteiger partial charge in [-0.25, -0.2) is 4.79 Å². The van der Waals surface area contributed by atoms with E-state index in [0.717, 1.165) is 5.39 Å². The van der Waals surface area contributed by atoms with E-state index in [2.05, 4.69) is 9.97 Å². The van der Waals surface area contributed by atoms with E-state index >= 15 is 0 Å². The minimum absolute atomic E-state index is 0.360. The lowest BCUT2D eigenvalue weighted by molar-refractivity contribution is 0.930. The molecule has 106 valence electrons. The highest BCUT2D eigenvalue weighted by Gasteiger charge is 2.13. The Morgan fingerprint density at radius 2 is 2.05 bits per heavy atom. The molecule has 0 aliphatic rings. The van der Waals surface area contributed by atoms with Gasteiger partial charge in [0.1, 0.15) is 5.82 Å². The molecule has 0 spiro atoms. The number of fused-ring (bicyclic) bond motifs is 1. The van der Waals surface area contributed by atoms with Crippen LogP contribution in [0.4, 0.5) is 5.82 Å². The maximum absolute atomic E-state index is 12.4. The smallest absolute Gasteiger partial charge is 0.354 e. The van der Waals surface area contributed by atoms with Gasteiger partial charge in [-0.15, -0.1) is 0 Å². The average Bonchev–Trinajstić information content (AvgIpc) is 2.47. The van der Waals surface area contributed by atoms with E-state index in [1.54, 1.807) is 30.6 Å². The largest absolute Gasteiger partial charge is 0.362 e. The molecule has 0 aliphatic carbocycles. The predicted molar refractivity (Wildman–Crippen MR) is 84.5 cm³/mol. The lowest BCUT2D eigenvalue weighted by atomic mass is 10.2. The summed E-state index contributed by atoms with van der Waals surface area (Å²) in [6, 6.07) is 9.01. The summed E-state index contributed by atoms with van der Waals surface area (Å²) in [5, 5.41) is 1.42. The number of aromatic nitrogens is 3. The van der Waals surface area contributed by atoms with Gasteiger partial charge < -0.3 is 4.90 Å². The van der Waals surface area contributed by atoms with Crippen molar-refractivity contribution in [3.63, 3.8) is 0 Å². The number of hydrogen-bond acceptors (Lipinski definition) is 4. The number of hydrogen-bond donors (Lipinski definition) is 0. The zero-order valence-corrected chi connectivity index (χ0v) is 12.4. The first-order chi connectivity index (χ1) is 10.1. The molecule has 0 aliphatic heterocycles. The van der Waals surface area contributed by atoms with Gasteiger partial charge >= 0.3 is 5.69 Å². The van der Waals surface area contributed by atoms with Gasteiger partial charge in [0, 0.05) is 30.7 Å². The summed E-state index contributed by atoms with van der Waals surface area (Å²) in [6.45, 7) is 0. The predicted octanol–water partition coefficient (Wildman–Crippen LogP) is 2.50. The minimum atomic E-state index is -0.360. The molecule has 0 atom stereocenters. The van der Waals surface area contributed by atoms with Gasteiger partial charge in [-0.05, 0) is 30.3 Å². The molecule has 0 unspecified atom stereocenters. The summed E-state index contributed by atoms with van der Waals surface area (Å²) in [5.41, 5.74) is 1.01. The van der Waals surface area contributed by atoms with Gasteiger partial charge in [0.05, 0.1) is 17.4 Å². The van der Waals surface area contributed by atoms with Gasteiger partial charge in [0.15, 0.2) is 0 Å². The van der Waals surface area contributed by atoms with Gasteiger partial charge in [0.2, 0.25) is 0 Å². The first kappa shape index (κ1) is 13.6. The van der Waals surface area contributed by atoms with Crippen LogP contribution < -0.4 is 10.6 Å². The third-order valence-corrected chi connectivity index (χ3v) is 3.40. The van der Waals surface area contributed by atoms with Crippen molar-refractivity contribution in [1.29, 1.82) is 0 Å². The Hall–Kier alpha value is -2.40. The molecule has 3 rings (SSSR count). The van der Waals surface area contributed by atoms with Crippen molar-refractivity contribution >= 4 is 28.3 Å². The molecule has 0 radical (unpaired) electrons. The molecule has 3 aromatic rings. The van der Waals surface area contributed by atoms with E-state index in [1.807, 2.05) is 31.1 Å². The maximum Gasteiger partial charge on any atom is 0.354 e. The van der Waals surface area contributed by atoms with Crippen molar-refractivity contribution in [1.82, 2.24) is 14.5 Å². The molecule has 6 heteroatoms. The summed E-state index contributed by atoms with van der Waals surface area (Å²) < 4.78 is 1.52. The van der Waals surface area contributed by atoms with Crippen molar-refractivity contribution in [2.45, 2.75) is 0 Å². The molecule has 1 aromatic carbocycles. The Morgan fingerprint density at radius 1 is 1.24 bits per heavy atom. The van der Waals surface area contributed by atoms with Crippen molar-refractivity contribution in [2.75, 3.05) is 19.0 Å². The third kappa shape index (κ3) is 2.36. The number of rotatable bonds is 2. The SMILES string of the molecule is CN(C)c1nc(=O)n(-c2cccnc2)c2cc(Cl)ccc12. The molecule has 2 aromatic heterocycles. The van der Waals surface area contributed by atoms with E-state index in [0.29, 0.717) is 22.0 Å². The van der Waals surface area contributed by atoms with Crippen molar-refractivity contribution in [2.24, 2.45) is 0 Å². The van der Waals surface area contributed by atoms with Gasteiger partial charge in [0.25, 0.3) is 0 Å². The van der Waals surface area contributed by atoms with Crippen LogP contribution in [-0.2, 0) is 0 Å². The summed E-state index contributed by atoms with van der Waals surface area (Å²) in [4.78, 5) is 22.5. The third-order valence-electron chi connectivity index (χ3n) is 3.16. The lowest BCUT2D eigenvalue weighted by Gasteiger charge is -2.17. The second-order valence-electron chi connectivity index (χ2n) is 4.82. The molecule has 0 bridgehead atoms. The number of nitrogens with zero attached hydrogens (tertiary/aromatic N) is 4. The molecule has 2 heterocycles. The molecule has 0 fully saturated rings. The fourth-order valence-electron chi connectivity index (χ4n) is 2.26. The Labute approximate surface area is 126 Å². The fraction of sp³-hybridized carbons (Fsp3) is 0.133. The molecule has 0 saturated carbocycles. The van der Waals surface area contributed by atoms with Gasteiger partial charge in [-0.2, -0.15) is 4.98 Å². The van der Waals surface area contributed by atoms with Crippen LogP contribution in [0.25, 0.3) is 16.6 Å². The molecule has 0 amide bonds. The topological polar surface area (TPSA) is 51.0 Å². The van der Waals surface area contributed by atoms with E-state index < -0.39 is 0 Å². The first-order valence-electron chi connectivity index (χ1n) is 6.38. The van der Waals surface area contributed by atoms with Gasteiger partial charge in [-0.3, -0.25) is 9.55 Å². The first-order valence-corrected chi connectivity index (χ1v) is 6.76. The molecular formula is C15H13ClN4O. The van der Waals surface area contributed by atoms with Crippen LogP contribution in [0.2, 0.25) is 5.02 Å². The van der Waals surface area contributed by atoms with E-state index in [4.69, 9.17) is 11.6 Å². The zero-order chi connectivity index (χ0) is 15.0. The lowest BCUT2D eigenvalue weighted by Crippen LogP contribution is -2.25. The Morgan fingerprint density at radius 3 is 2.71 bits per heavy atom. The van der Waals surface area contributed by atoms with Crippen LogP contribution in [0, 0.1) is 0 Å². The van der Waals surface area contributed by atoms with Crippen LogP contribution >= 0.6 is 11.6 Å². The number of pyridine rings is 1. The Balaban J connectivity index is 2.46. The monoisotopic (exact) mass is 300 g/mol. The minimum Gasteiger partial charge on any atom is -0.362 e. The second kappa shape index (κ2) is 5.18. The van der Waals surface area contributed by atoms with E-state index in [-0.39, 0.29) is 5.69 Å². The molecule has 21 heavy (non-hydrogen) atoms. The average molecular weight is 301 g/mol. The molecule has 0 N–H and O–H groups in total. The van der Waals surface area contributed by atoms with Crippen LogP contribution in [-0.4, -0.2) is 28.6 Å². The van der Waals surface area contributed by atoms with Crippen LogP contribution in [0.5, 0.6) is 0 Å². The highest BCUT2D eigenvalue weighted by Crippen LogP contribution is 2.26. The normalized spacial score (nSPS) is 10.8. The zero-order valence-electron chi connectivity index (χ0n) is 11.6. The van der Waals surface area contributed by atoms with Crippen LogP contribution in [0.1, 0.15) is 0 Å². The van der Waals surface area contributed by atoms with Crippen molar-refractivity contribution in [3.8, 4) is 5.69 Å². The summed E-state index contributed by atoms with van der Waals surface area (Å²) in [5.74, 6) is 0.617. The van der Waals surface area contributed by atoms with E-state index in [9.17, 15) is 4.79 Å². The number of anilines is 1. The molecule has 5 nitrogen and oxygen atoms in total. The summed E-state index contributed by atoms with van der Waals surface area (Å²) >= 11 is 6.10. The molecule has 0 saturated heterocycles. The maximum atomic E-state index is 12.4. The molecular weight excluding hydrogens is 288 g/mol. The summed E-state index contributed by atoms with van der Waals surface area (Å²) in [7, 11) is 3.70. The highest BCUT2D eigenvalue weighted by atomic mass is 35.5. The number of benzene rings is 1. The number of halogens is 1. The second-order valence-corrected chi connectivity index (χ2v) is 5.26. The standard InChI is InChI=1S/C15H13ClN4O/c1-19(2)14-12-6-5-10(16)8-13(12)20(15(21)18-14)11-4-3-7-17-9-11/h3-9H,1-2H3. The Kier molecular flexibility index (Phi) is 3.35. The van der Waals surface area contributed by atoms with Gasteiger partial charge in [-0.1, -0.05) is 11.6 Å². The van der Waals surface area contributed by atoms with E-state index in [1.165, 1.54) is 4.57 Å². The van der Waals surface area contributed by atoms with Crippen molar-refractivity contribution in [3.05, 3.63) is 58.2 Å². The Bertz CT molecular complexity index is 859. The highest BCUT2D eigenvalue weighted by molar-refractivity contribution is 6.31. The fourth-order valence-corrected chi connectivity index (χ4v) is 2.43. The van der Waals surface area contributed by atoms with Crippen molar-refractivity contribution < 1.29 is 0 Å².